The Morgan fingerprint density at radius 2 is 2.07 bits per heavy atom. The monoisotopic (exact) mass is 271 g/mol. The summed E-state index contributed by atoms with van der Waals surface area (Å²) in [5.41, 5.74) is 0.963. The molecule has 15 heavy (non-hydrogen) atoms. The molecule has 1 heterocycles. The predicted molar refractivity (Wildman–Crippen MR) is 67.0 cm³/mol. The lowest BCUT2D eigenvalue weighted by molar-refractivity contribution is 0.439. The minimum Gasteiger partial charge on any atom is -0.354 e. The zero-order valence-corrected chi connectivity index (χ0v) is 11.3. The third-order valence-corrected chi connectivity index (χ3v) is 3.42. The van der Waals surface area contributed by atoms with Crippen molar-refractivity contribution >= 4 is 21.9 Å². The minimum absolute atomic E-state index is 0.623. The molecule has 0 aliphatic rings. The van der Waals surface area contributed by atoms with Crippen LogP contribution in [0.4, 0.5) is 5.95 Å². The van der Waals surface area contributed by atoms with Crippen LogP contribution in [0.3, 0.4) is 0 Å². The topological polar surface area (TPSA) is 37.8 Å². The summed E-state index contributed by atoms with van der Waals surface area (Å²) >= 11 is 3.38. The van der Waals surface area contributed by atoms with Crippen LogP contribution in [0, 0.1) is 18.8 Å². The van der Waals surface area contributed by atoms with Crippen LogP contribution in [0.25, 0.3) is 0 Å². The largest absolute Gasteiger partial charge is 0.354 e. The fourth-order valence-electron chi connectivity index (χ4n) is 1.03. The van der Waals surface area contributed by atoms with E-state index in [2.05, 4.69) is 52.0 Å². The summed E-state index contributed by atoms with van der Waals surface area (Å²) in [5, 5.41) is 3.25. The van der Waals surface area contributed by atoms with Crippen LogP contribution in [0.5, 0.6) is 0 Å². The molecule has 0 saturated carbocycles. The van der Waals surface area contributed by atoms with Crippen molar-refractivity contribution in [3.8, 4) is 0 Å². The number of aryl methyl sites for hydroxylation is 1. The Labute approximate surface area is 99.8 Å². The molecule has 0 bridgehead atoms. The maximum atomic E-state index is 4.33. The summed E-state index contributed by atoms with van der Waals surface area (Å²) in [6, 6.07) is 0. The van der Waals surface area contributed by atoms with E-state index in [9.17, 15) is 0 Å². The van der Waals surface area contributed by atoms with E-state index < -0.39 is 0 Å². The van der Waals surface area contributed by atoms with Gasteiger partial charge in [0.15, 0.2) is 0 Å². The molecule has 1 unspecified atom stereocenters. The standard InChI is InChI=1S/C11H18BrN3/c1-7(2)8(3)5-13-11-14-6-10(12)9(4)15-11/h6-8H,5H2,1-4H3,(H,13,14,15). The molecule has 1 rings (SSSR count). The van der Waals surface area contributed by atoms with Crippen LogP contribution in [-0.4, -0.2) is 16.5 Å². The Hall–Kier alpha value is -0.640. The molecule has 0 radical (unpaired) electrons. The Morgan fingerprint density at radius 1 is 1.40 bits per heavy atom. The molecule has 0 aliphatic carbocycles. The van der Waals surface area contributed by atoms with E-state index in [1.54, 1.807) is 6.20 Å². The lowest BCUT2D eigenvalue weighted by atomic mass is 9.98. The molecule has 1 aromatic rings. The van der Waals surface area contributed by atoms with Crippen molar-refractivity contribution < 1.29 is 0 Å². The van der Waals surface area contributed by atoms with Gasteiger partial charge in [-0.2, -0.15) is 0 Å². The van der Waals surface area contributed by atoms with E-state index in [4.69, 9.17) is 0 Å². The molecule has 4 heteroatoms. The number of rotatable bonds is 4. The second-order valence-electron chi connectivity index (χ2n) is 4.23. The summed E-state index contributed by atoms with van der Waals surface area (Å²) in [6.07, 6.45) is 1.78. The van der Waals surface area contributed by atoms with E-state index in [0.29, 0.717) is 17.8 Å². The van der Waals surface area contributed by atoms with Crippen LogP contribution in [0.15, 0.2) is 10.7 Å². The highest BCUT2D eigenvalue weighted by atomic mass is 79.9. The molecule has 0 aliphatic heterocycles. The first-order valence-electron chi connectivity index (χ1n) is 5.23. The van der Waals surface area contributed by atoms with Crippen LogP contribution in [-0.2, 0) is 0 Å². The van der Waals surface area contributed by atoms with E-state index in [0.717, 1.165) is 16.7 Å². The summed E-state index contributed by atoms with van der Waals surface area (Å²) in [7, 11) is 0. The number of aromatic nitrogens is 2. The highest BCUT2D eigenvalue weighted by molar-refractivity contribution is 9.10. The van der Waals surface area contributed by atoms with Crippen molar-refractivity contribution in [2.24, 2.45) is 11.8 Å². The number of nitrogens with zero attached hydrogens (tertiary/aromatic N) is 2. The fourth-order valence-corrected chi connectivity index (χ4v) is 1.22. The van der Waals surface area contributed by atoms with Gasteiger partial charge in [0.1, 0.15) is 0 Å². The highest BCUT2D eigenvalue weighted by Crippen LogP contribution is 2.14. The van der Waals surface area contributed by atoms with Gasteiger partial charge in [0.25, 0.3) is 0 Å². The summed E-state index contributed by atoms with van der Waals surface area (Å²) < 4.78 is 0.949. The molecule has 0 aromatic carbocycles. The molecule has 1 atom stereocenters. The molecule has 1 N–H and O–H groups in total. The average molecular weight is 272 g/mol. The summed E-state index contributed by atoms with van der Waals surface area (Å²) in [4.78, 5) is 8.54. The first-order chi connectivity index (χ1) is 7.00. The number of nitrogens with one attached hydrogen (secondary N) is 1. The normalized spacial score (nSPS) is 12.9. The molecule has 0 spiro atoms. The van der Waals surface area contributed by atoms with Crippen LogP contribution in [0.2, 0.25) is 0 Å². The maximum Gasteiger partial charge on any atom is 0.222 e. The molecule has 3 nitrogen and oxygen atoms in total. The predicted octanol–water partition coefficient (Wildman–Crippen LogP) is 3.25. The molecule has 0 fully saturated rings. The van der Waals surface area contributed by atoms with Crippen molar-refractivity contribution in [1.82, 2.24) is 9.97 Å². The number of anilines is 1. The number of hydrogen-bond acceptors (Lipinski definition) is 3. The fraction of sp³-hybridized carbons (Fsp3) is 0.636. The minimum atomic E-state index is 0.623. The van der Waals surface area contributed by atoms with Crippen LogP contribution >= 0.6 is 15.9 Å². The molecule has 0 saturated heterocycles. The van der Waals surface area contributed by atoms with Gasteiger partial charge in [-0.15, -0.1) is 0 Å². The molecular weight excluding hydrogens is 254 g/mol. The maximum absolute atomic E-state index is 4.33. The van der Waals surface area contributed by atoms with Gasteiger partial charge in [-0.1, -0.05) is 20.8 Å². The third-order valence-electron chi connectivity index (χ3n) is 2.64. The summed E-state index contributed by atoms with van der Waals surface area (Å²) in [6.45, 7) is 9.55. The quantitative estimate of drug-likeness (QED) is 0.914. The lowest BCUT2D eigenvalue weighted by Crippen LogP contribution is -2.17. The van der Waals surface area contributed by atoms with Gasteiger partial charge in [0.2, 0.25) is 5.95 Å². The lowest BCUT2D eigenvalue weighted by Gasteiger charge is -2.16. The van der Waals surface area contributed by atoms with Gasteiger partial charge in [-0.25, -0.2) is 9.97 Å². The van der Waals surface area contributed by atoms with Gasteiger partial charge in [-0.3, -0.25) is 0 Å². The SMILES string of the molecule is Cc1nc(NCC(C)C(C)C)ncc1Br. The van der Waals surface area contributed by atoms with Crippen molar-refractivity contribution in [2.45, 2.75) is 27.7 Å². The van der Waals surface area contributed by atoms with Crippen molar-refractivity contribution in [3.05, 3.63) is 16.4 Å². The van der Waals surface area contributed by atoms with Crippen LogP contribution in [0.1, 0.15) is 26.5 Å². The van der Waals surface area contributed by atoms with Gasteiger partial charge in [0.05, 0.1) is 10.2 Å². The first-order valence-corrected chi connectivity index (χ1v) is 6.03. The van der Waals surface area contributed by atoms with Crippen LogP contribution < -0.4 is 5.32 Å². The Bertz CT molecular complexity index is 326. The van der Waals surface area contributed by atoms with Gasteiger partial charge in [0, 0.05) is 12.7 Å². The van der Waals surface area contributed by atoms with E-state index in [1.807, 2.05) is 6.92 Å². The van der Waals surface area contributed by atoms with Gasteiger partial charge in [-0.05, 0) is 34.7 Å². The first kappa shape index (κ1) is 12.4. The Kier molecular flexibility index (Phi) is 4.51. The average Bonchev–Trinajstić information content (AvgIpc) is 2.19. The van der Waals surface area contributed by atoms with Crippen molar-refractivity contribution in [2.75, 3.05) is 11.9 Å². The summed E-state index contributed by atoms with van der Waals surface area (Å²) in [5.74, 6) is 2.01. The van der Waals surface area contributed by atoms with Gasteiger partial charge >= 0.3 is 0 Å². The molecule has 0 amide bonds. The Morgan fingerprint density at radius 3 is 2.60 bits per heavy atom. The second kappa shape index (κ2) is 5.45. The van der Waals surface area contributed by atoms with E-state index >= 15 is 0 Å². The highest BCUT2D eigenvalue weighted by Gasteiger charge is 2.07. The molecular formula is C11H18BrN3. The zero-order chi connectivity index (χ0) is 11.4. The third kappa shape index (κ3) is 3.78. The smallest absolute Gasteiger partial charge is 0.222 e. The van der Waals surface area contributed by atoms with Crippen molar-refractivity contribution in [1.29, 1.82) is 0 Å². The molecule has 1 aromatic heterocycles. The Balaban J connectivity index is 2.55. The molecule has 84 valence electrons. The van der Waals surface area contributed by atoms with Crippen molar-refractivity contribution in [3.63, 3.8) is 0 Å². The number of halogens is 1. The van der Waals surface area contributed by atoms with E-state index in [-0.39, 0.29) is 0 Å². The van der Waals surface area contributed by atoms with E-state index in [1.165, 1.54) is 0 Å². The zero-order valence-electron chi connectivity index (χ0n) is 9.71. The second-order valence-corrected chi connectivity index (χ2v) is 5.08. The number of hydrogen-bond donors (Lipinski definition) is 1. The van der Waals surface area contributed by atoms with Gasteiger partial charge < -0.3 is 5.32 Å².